The third-order valence-electron chi connectivity index (χ3n) is 5.49. The number of likely N-dealkylation sites (tertiary alicyclic amines) is 1. The number of carbonyl (C=O) groups is 1. The fourth-order valence-corrected chi connectivity index (χ4v) is 3.59. The Labute approximate surface area is 190 Å². The van der Waals surface area contributed by atoms with E-state index in [9.17, 15) is 4.79 Å². The Hall–Kier alpha value is -3.80. The molecule has 3 heterocycles. The Bertz CT molecular complexity index is 1100. The van der Waals surface area contributed by atoms with E-state index in [4.69, 9.17) is 15.1 Å². The zero-order valence-electron chi connectivity index (χ0n) is 18.6. The van der Waals surface area contributed by atoms with Gasteiger partial charge in [-0.15, -0.1) is 5.10 Å². The predicted octanol–water partition coefficient (Wildman–Crippen LogP) is 1.63. The van der Waals surface area contributed by atoms with Crippen molar-refractivity contribution in [2.45, 2.75) is 33.2 Å². The summed E-state index contributed by atoms with van der Waals surface area (Å²) in [4.78, 5) is 15.1. The predicted molar refractivity (Wildman–Crippen MR) is 120 cm³/mol. The number of benzene rings is 1. The number of nitrogens with zero attached hydrogens (tertiary/aromatic N) is 7. The highest BCUT2D eigenvalue weighted by Gasteiger charge is 2.26. The molecule has 2 aromatic heterocycles. The largest absolute Gasteiger partial charge is 0.494 e. The molecule has 0 aliphatic carbocycles. The van der Waals surface area contributed by atoms with E-state index in [1.165, 1.54) is 4.68 Å². The first-order valence-electron chi connectivity index (χ1n) is 10.9. The van der Waals surface area contributed by atoms with Gasteiger partial charge in [-0.1, -0.05) is 12.1 Å². The van der Waals surface area contributed by atoms with Gasteiger partial charge < -0.3 is 10.5 Å². The summed E-state index contributed by atoms with van der Waals surface area (Å²) in [5, 5.41) is 19.6. The maximum Gasteiger partial charge on any atom is 0.293 e. The van der Waals surface area contributed by atoms with Crippen molar-refractivity contribution in [3.63, 3.8) is 0 Å². The van der Waals surface area contributed by atoms with Crippen molar-refractivity contribution in [1.82, 2.24) is 35.6 Å². The average Bonchev–Trinajstić information content (AvgIpc) is 3.42. The molecule has 0 atom stereocenters. The third kappa shape index (κ3) is 5.34. The summed E-state index contributed by atoms with van der Waals surface area (Å²) in [6.45, 7) is 7.04. The number of piperidine rings is 1. The van der Waals surface area contributed by atoms with Crippen LogP contribution in [0.3, 0.4) is 0 Å². The molecule has 1 saturated heterocycles. The maximum absolute atomic E-state index is 12.9. The van der Waals surface area contributed by atoms with Crippen LogP contribution in [0.4, 0.5) is 5.82 Å². The standard InChI is InChI=1S/C21H27N9O3/c1-3-32-16-6-4-15(5-7-16)12-23-25-21(31)18-17(13-29-10-8-14(2)9-11-29)30(28-24-18)20-19(22)26-33-27-20/h4-7,12,14H,3,8-11,13H2,1-2H3,(H2,22,26)(H,25,31)/b23-12-. The van der Waals surface area contributed by atoms with Crippen LogP contribution in [0, 0.1) is 5.92 Å². The van der Waals surface area contributed by atoms with Crippen LogP contribution in [0.5, 0.6) is 5.75 Å². The lowest BCUT2D eigenvalue weighted by Crippen LogP contribution is -2.34. The zero-order valence-corrected chi connectivity index (χ0v) is 18.6. The van der Waals surface area contributed by atoms with Gasteiger partial charge in [0, 0.05) is 6.54 Å². The van der Waals surface area contributed by atoms with Gasteiger partial charge in [0.1, 0.15) is 5.75 Å². The number of ether oxygens (including phenoxy) is 1. The quantitative estimate of drug-likeness (QED) is 0.383. The number of hydrazone groups is 1. The van der Waals surface area contributed by atoms with Crippen molar-refractivity contribution in [2.75, 3.05) is 25.4 Å². The summed E-state index contributed by atoms with van der Waals surface area (Å²) in [6, 6.07) is 7.37. The highest BCUT2D eigenvalue weighted by Crippen LogP contribution is 2.21. The summed E-state index contributed by atoms with van der Waals surface area (Å²) < 4.78 is 11.5. The molecule has 0 bridgehead atoms. The Balaban J connectivity index is 1.51. The van der Waals surface area contributed by atoms with Gasteiger partial charge in [0.05, 0.1) is 18.5 Å². The minimum absolute atomic E-state index is 0.0638. The smallest absolute Gasteiger partial charge is 0.293 e. The van der Waals surface area contributed by atoms with Gasteiger partial charge in [-0.05, 0) is 78.9 Å². The first-order valence-corrected chi connectivity index (χ1v) is 10.9. The second kappa shape index (κ2) is 10.2. The lowest BCUT2D eigenvalue weighted by Gasteiger charge is -2.30. The van der Waals surface area contributed by atoms with E-state index < -0.39 is 5.91 Å². The number of anilines is 1. The second-order valence-electron chi connectivity index (χ2n) is 7.93. The third-order valence-corrected chi connectivity index (χ3v) is 5.49. The normalized spacial score (nSPS) is 15.2. The number of rotatable bonds is 8. The van der Waals surface area contributed by atoms with E-state index in [0.29, 0.717) is 24.8 Å². The molecule has 0 saturated carbocycles. The molecule has 3 N–H and O–H groups in total. The van der Waals surface area contributed by atoms with Crippen molar-refractivity contribution in [3.05, 3.63) is 41.2 Å². The topological polar surface area (TPSA) is 150 Å². The zero-order chi connectivity index (χ0) is 23.2. The van der Waals surface area contributed by atoms with Gasteiger partial charge in [0.15, 0.2) is 5.69 Å². The molecule has 1 aliphatic heterocycles. The summed E-state index contributed by atoms with van der Waals surface area (Å²) in [5.41, 5.74) is 9.86. The number of nitrogens with two attached hydrogens (primary N) is 1. The van der Waals surface area contributed by atoms with Crippen LogP contribution >= 0.6 is 0 Å². The summed E-state index contributed by atoms with van der Waals surface area (Å²) in [7, 11) is 0. The minimum Gasteiger partial charge on any atom is -0.494 e. The van der Waals surface area contributed by atoms with Crippen LogP contribution in [-0.4, -0.2) is 62.0 Å². The maximum atomic E-state index is 12.9. The molecule has 174 valence electrons. The lowest BCUT2D eigenvalue weighted by atomic mass is 9.99. The number of aromatic nitrogens is 5. The van der Waals surface area contributed by atoms with Gasteiger partial charge >= 0.3 is 0 Å². The van der Waals surface area contributed by atoms with E-state index in [-0.39, 0.29) is 17.3 Å². The molecule has 12 nitrogen and oxygen atoms in total. The SMILES string of the molecule is CCOc1ccc(/C=N\NC(=O)c2nnn(-c3nonc3N)c2CN2CCC(C)CC2)cc1. The molecule has 1 fully saturated rings. The molecule has 0 radical (unpaired) electrons. The first kappa shape index (κ1) is 22.4. The van der Waals surface area contributed by atoms with Crippen molar-refractivity contribution in [2.24, 2.45) is 11.0 Å². The number of hydrogen-bond donors (Lipinski definition) is 2. The van der Waals surface area contributed by atoms with Crippen LogP contribution in [0.1, 0.15) is 48.4 Å². The van der Waals surface area contributed by atoms with E-state index in [0.717, 1.165) is 37.2 Å². The molecule has 1 aromatic carbocycles. The fourth-order valence-electron chi connectivity index (χ4n) is 3.59. The lowest BCUT2D eigenvalue weighted by molar-refractivity contribution is 0.0947. The molecule has 3 aromatic rings. The molecule has 0 unspecified atom stereocenters. The van der Waals surface area contributed by atoms with Gasteiger partial charge in [0.25, 0.3) is 5.91 Å². The van der Waals surface area contributed by atoms with Crippen LogP contribution in [0.15, 0.2) is 34.0 Å². The first-order chi connectivity index (χ1) is 16.0. The molecule has 4 rings (SSSR count). The van der Waals surface area contributed by atoms with Crippen molar-refractivity contribution >= 4 is 17.9 Å². The van der Waals surface area contributed by atoms with Crippen molar-refractivity contribution in [3.8, 4) is 11.6 Å². The molecule has 1 aliphatic rings. The average molecular weight is 454 g/mol. The van der Waals surface area contributed by atoms with E-state index >= 15 is 0 Å². The number of nitrogen functional groups attached to an aromatic ring is 1. The highest BCUT2D eigenvalue weighted by atomic mass is 16.6. The van der Waals surface area contributed by atoms with E-state index in [2.05, 4.69) is 43.0 Å². The summed E-state index contributed by atoms with van der Waals surface area (Å²) in [5.74, 6) is 1.22. The van der Waals surface area contributed by atoms with Crippen LogP contribution in [0.25, 0.3) is 5.82 Å². The Morgan fingerprint density at radius 2 is 2.06 bits per heavy atom. The van der Waals surface area contributed by atoms with E-state index in [1.807, 2.05) is 31.2 Å². The second-order valence-corrected chi connectivity index (χ2v) is 7.93. The van der Waals surface area contributed by atoms with Gasteiger partial charge in [-0.3, -0.25) is 9.69 Å². The molecule has 0 spiro atoms. The Morgan fingerprint density at radius 3 is 2.73 bits per heavy atom. The van der Waals surface area contributed by atoms with Crippen LogP contribution < -0.4 is 15.9 Å². The van der Waals surface area contributed by atoms with Crippen molar-refractivity contribution < 1.29 is 14.2 Å². The fraction of sp³-hybridized carbons (Fsp3) is 0.429. The van der Waals surface area contributed by atoms with Crippen LogP contribution in [0.2, 0.25) is 0 Å². The van der Waals surface area contributed by atoms with Gasteiger partial charge in [-0.25, -0.2) is 10.1 Å². The van der Waals surface area contributed by atoms with E-state index in [1.54, 1.807) is 6.21 Å². The monoisotopic (exact) mass is 453 g/mol. The van der Waals surface area contributed by atoms with Gasteiger partial charge in [0.2, 0.25) is 11.6 Å². The summed E-state index contributed by atoms with van der Waals surface area (Å²) >= 11 is 0. The summed E-state index contributed by atoms with van der Waals surface area (Å²) in [6.07, 6.45) is 3.72. The molecule has 1 amide bonds. The molecule has 12 heteroatoms. The van der Waals surface area contributed by atoms with Crippen molar-refractivity contribution in [1.29, 1.82) is 0 Å². The number of carbonyl (C=O) groups excluding carboxylic acids is 1. The molecular weight excluding hydrogens is 426 g/mol. The number of hydrogen-bond acceptors (Lipinski definition) is 10. The Kier molecular flexibility index (Phi) is 6.93. The number of nitrogens with one attached hydrogen (secondary N) is 1. The number of amides is 1. The molecule has 33 heavy (non-hydrogen) atoms. The van der Waals surface area contributed by atoms with Gasteiger partial charge in [-0.2, -0.15) is 9.78 Å². The molecular formula is C21H27N9O3. The minimum atomic E-state index is -0.487. The Morgan fingerprint density at radius 1 is 1.30 bits per heavy atom. The van der Waals surface area contributed by atoms with Crippen LogP contribution in [-0.2, 0) is 6.54 Å². The highest BCUT2D eigenvalue weighted by molar-refractivity contribution is 5.94.